The molecule has 0 aromatic carbocycles. The van der Waals surface area contributed by atoms with Crippen LogP contribution in [0.1, 0.15) is 51.4 Å². The highest BCUT2D eigenvalue weighted by Crippen LogP contribution is 2.67. The first-order valence-corrected chi connectivity index (χ1v) is 11.8. The molecule has 5 heteroatoms. The second kappa shape index (κ2) is 6.47. The molecule has 22 heavy (non-hydrogen) atoms. The van der Waals surface area contributed by atoms with Gasteiger partial charge in [-0.15, -0.1) is 0 Å². The van der Waals surface area contributed by atoms with E-state index in [-0.39, 0.29) is 0 Å². The van der Waals surface area contributed by atoms with Crippen LogP contribution in [0.15, 0.2) is 0 Å². The maximum atomic E-state index is 5.66. The lowest BCUT2D eigenvalue weighted by Crippen LogP contribution is -2.53. The van der Waals surface area contributed by atoms with Gasteiger partial charge in [0.25, 0.3) is 0 Å². The highest BCUT2D eigenvalue weighted by Gasteiger charge is 2.57. The van der Waals surface area contributed by atoms with E-state index < -0.39 is 8.80 Å². The van der Waals surface area contributed by atoms with Crippen molar-refractivity contribution in [3.8, 4) is 0 Å². The monoisotopic (exact) mass is 390 g/mol. The molecule has 2 unspecified atom stereocenters. The fourth-order valence-corrected chi connectivity index (χ4v) is 9.20. The number of hydrogen-bond acceptors (Lipinski definition) is 3. The summed E-state index contributed by atoms with van der Waals surface area (Å²) in [6.07, 6.45) is 11.4. The van der Waals surface area contributed by atoms with Crippen molar-refractivity contribution >= 4 is 24.7 Å². The molecule has 4 fully saturated rings. The van der Waals surface area contributed by atoms with Crippen LogP contribution < -0.4 is 0 Å². The van der Waals surface area contributed by atoms with Crippen molar-refractivity contribution in [3.05, 3.63) is 0 Å². The van der Waals surface area contributed by atoms with Crippen LogP contribution in [-0.2, 0) is 13.3 Å². The predicted octanol–water partition coefficient (Wildman–Crippen LogP) is 4.63. The number of rotatable bonds is 8. The summed E-state index contributed by atoms with van der Waals surface area (Å²) in [5.74, 6) is 1.95. The molecule has 0 aliphatic heterocycles. The number of alkyl halides is 1. The molecule has 0 N–H and O–H groups in total. The van der Waals surface area contributed by atoms with Crippen molar-refractivity contribution in [2.75, 3.05) is 26.7 Å². The maximum Gasteiger partial charge on any atom is 0.500 e. The fraction of sp³-hybridized carbons (Fsp3) is 1.00. The van der Waals surface area contributed by atoms with E-state index in [9.17, 15) is 0 Å². The van der Waals surface area contributed by atoms with Gasteiger partial charge in [0.05, 0.1) is 0 Å². The molecule has 0 spiro atoms. The summed E-state index contributed by atoms with van der Waals surface area (Å²) in [6, 6.07) is 0.973. The smallest absolute Gasteiger partial charge is 0.377 e. The van der Waals surface area contributed by atoms with Crippen molar-refractivity contribution in [1.29, 1.82) is 0 Å². The Balaban J connectivity index is 1.73. The Morgan fingerprint density at radius 2 is 1.41 bits per heavy atom. The normalized spacial score (nSPS) is 40.4. The van der Waals surface area contributed by atoms with E-state index in [4.69, 9.17) is 13.3 Å². The molecule has 0 radical (unpaired) electrons. The van der Waals surface area contributed by atoms with E-state index in [0.29, 0.717) is 10.8 Å². The molecule has 2 atom stereocenters. The zero-order valence-electron chi connectivity index (χ0n) is 14.3. The molecule has 0 saturated heterocycles. The Morgan fingerprint density at radius 1 is 0.909 bits per heavy atom. The summed E-state index contributed by atoms with van der Waals surface area (Å²) in [7, 11) is 2.80. The second-order valence-electron chi connectivity index (χ2n) is 8.20. The van der Waals surface area contributed by atoms with Gasteiger partial charge in [-0.1, -0.05) is 15.9 Å². The third-order valence-corrected chi connectivity index (χ3v) is 9.95. The summed E-state index contributed by atoms with van der Waals surface area (Å²) in [5, 5.41) is 1.16. The van der Waals surface area contributed by atoms with Crippen LogP contribution in [0.5, 0.6) is 0 Å². The minimum atomic E-state index is -2.42. The van der Waals surface area contributed by atoms with Gasteiger partial charge in [0.1, 0.15) is 0 Å². The highest BCUT2D eigenvalue weighted by molar-refractivity contribution is 9.09. The highest BCUT2D eigenvalue weighted by atomic mass is 79.9. The van der Waals surface area contributed by atoms with Gasteiger partial charge in [-0.05, 0) is 74.0 Å². The minimum Gasteiger partial charge on any atom is -0.377 e. The Labute approximate surface area is 145 Å². The molecule has 0 aromatic heterocycles. The van der Waals surface area contributed by atoms with Crippen LogP contribution in [0.25, 0.3) is 0 Å². The van der Waals surface area contributed by atoms with Crippen LogP contribution in [0.3, 0.4) is 0 Å². The Bertz CT molecular complexity index is 377. The second-order valence-corrected chi connectivity index (χ2v) is 12.1. The first-order chi connectivity index (χ1) is 10.5. The van der Waals surface area contributed by atoms with Crippen LogP contribution in [0.2, 0.25) is 6.04 Å². The summed E-state index contributed by atoms with van der Waals surface area (Å²) >= 11 is 3.71. The van der Waals surface area contributed by atoms with Gasteiger partial charge in [-0.25, -0.2) is 0 Å². The van der Waals surface area contributed by atoms with Gasteiger partial charge in [0, 0.05) is 32.7 Å². The van der Waals surface area contributed by atoms with E-state index in [1.807, 2.05) is 0 Å². The maximum absolute atomic E-state index is 5.66. The van der Waals surface area contributed by atoms with E-state index >= 15 is 0 Å². The summed E-state index contributed by atoms with van der Waals surface area (Å²) in [4.78, 5) is 0. The van der Waals surface area contributed by atoms with Gasteiger partial charge in [-0.2, -0.15) is 0 Å². The molecule has 4 aliphatic carbocycles. The quantitative estimate of drug-likeness (QED) is 0.446. The third kappa shape index (κ3) is 3.08. The number of halogens is 1. The first kappa shape index (κ1) is 17.4. The topological polar surface area (TPSA) is 27.7 Å². The average Bonchev–Trinajstić information content (AvgIpc) is 2.48. The van der Waals surface area contributed by atoms with Crippen molar-refractivity contribution in [2.24, 2.45) is 22.7 Å². The van der Waals surface area contributed by atoms with Gasteiger partial charge >= 0.3 is 8.80 Å². The molecular formula is C17H31BrO3Si. The summed E-state index contributed by atoms with van der Waals surface area (Å²) in [5.41, 5.74) is 1.17. The Hall–Kier alpha value is 0.577. The standard InChI is InChI=1S/C17H31BrO3Si/c1-19-22(20-2,21-3)7-5-17-11-14-8-15(12-17)10-16(9-14,13-17)4-6-18/h14-15H,4-13H2,1-3H3. The van der Waals surface area contributed by atoms with Gasteiger partial charge < -0.3 is 13.3 Å². The third-order valence-electron chi connectivity index (χ3n) is 6.82. The predicted molar refractivity (Wildman–Crippen MR) is 94.2 cm³/mol. The largest absolute Gasteiger partial charge is 0.500 e. The molecule has 128 valence electrons. The summed E-state index contributed by atoms with van der Waals surface area (Å²) < 4.78 is 17.0. The van der Waals surface area contributed by atoms with Crippen molar-refractivity contribution < 1.29 is 13.3 Å². The molecule has 4 saturated carbocycles. The summed E-state index contributed by atoms with van der Waals surface area (Å²) in [6.45, 7) is 0. The molecule has 0 aromatic rings. The van der Waals surface area contributed by atoms with E-state index in [1.165, 1.54) is 51.4 Å². The lowest BCUT2D eigenvalue weighted by molar-refractivity contribution is -0.114. The van der Waals surface area contributed by atoms with E-state index in [2.05, 4.69) is 15.9 Å². The molecule has 0 amide bonds. The average molecular weight is 391 g/mol. The van der Waals surface area contributed by atoms with Crippen LogP contribution in [0, 0.1) is 22.7 Å². The minimum absolute atomic E-state index is 0.542. The lowest BCUT2D eigenvalue weighted by atomic mass is 9.43. The first-order valence-electron chi connectivity index (χ1n) is 8.74. The lowest BCUT2D eigenvalue weighted by Gasteiger charge is -2.63. The van der Waals surface area contributed by atoms with Crippen LogP contribution >= 0.6 is 15.9 Å². The number of hydrogen-bond donors (Lipinski definition) is 0. The SMILES string of the molecule is CO[Si](CCC12CC3CC(CC(CCBr)(C3)C1)C2)(OC)OC. The molecule has 4 rings (SSSR count). The zero-order chi connectivity index (χ0) is 15.8. The van der Waals surface area contributed by atoms with Crippen molar-refractivity contribution in [3.63, 3.8) is 0 Å². The molecule has 4 bridgehead atoms. The molecule has 4 aliphatic rings. The molecule has 0 heterocycles. The van der Waals surface area contributed by atoms with Crippen LogP contribution in [-0.4, -0.2) is 35.5 Å². The Kier molecular flexibility index (Phi) is 5.12. The van der Waals surface area contributed by atoms with Crippen LogP contribution in [0.4, 0.5) is 0 Å². The zero-order valence-corrected chi connectivity index (χ0v) is 16.9. The van der Waals surface area contributed by atoms with Gasteiger partial charge in [0.2, 0.25) is 0 Å². The van der Waals surface area contributed by atoms with E-state index in [1.54, 1.807) is 21.3 Å². The molecular weight excluding hydrogens is 360 g/mol. The van der Waals surface area contributed by atoms with Crippen molar-refractivity contribution in [2.45, 2.75) is 57.4 Å². The molecule has 3 nitrogen and oxygen atoms in total. The Morgan fingerprint density at radius 3 is 1.86 bits per heavy atom. The van der Waals surface area contributed by atoms with Gasteiger partial charge in [-0.3, -0.25) is 0 Å². The van der Waals surface area contributed by atoms with Gasteiger partial charge in [0.15, 0.2) is 0 Å². The fourth-order valence-electron chi connectivity index (χ4n) is 6.41. The van der Waals surface area contributed by atoms with Crippen molar-refractivity contribution in [1.82, 2.24) is 0 Å². The van der Waals surface area contributed by atoms with E-state index in [0.717, 1.165) is 23.2 Å².